The van der Waals surface area contributed by atoms with E-state index >= 15 is 0 Å². The number of fused-ring (bicyclic) bond motifs is 8. The van der Waals surface area contributed by atoms with Gasteiger partial charge in [-0.3, -0.25) is 4.99 Å². The molecule has 0 aliphatic heterocycles. The minimum Gasteiger partial charge on any atom is -0.405 e. The Hall–Kier alpha value is -8.67. The van der Waals surface area contributed by atoms with Gasteiger partial charge >= 0.3 is 0 Å². The van der Waals surface area contributed by atoms with Crippen LogP contribution < -0.4 is 10.6 Å². The molecule has 9 aromatic carbocycles. The summed E-state index contributed by atoms with van der Waals surface area (Å²) >= 11 is 0. The van der Waals surface area contributed by atoms with E-state index in [0.29, 0.717) is 6.54 Å². The highest BCUT2D eigenvalue weighted by atomic mass is 15.1. The van der Waals surface area contributed by atoms with Crippen LogP contribution in [0.5, 0.6) is 0 Å². The van der Waals surface area contributed by atoms with Gasteiger partial charge in [0, 0.05) is 57.0 Å². The summed E-state index contributed by atoms with van der Waals surface area (Å²) in [5.74, 6) is 0. The lowest BCUT2D eigenvalue weighted by Gasteiger charge is -2.35. The van der Waals surface area contributed by atoms with Crippen LogP contribution in [0.15, 0.2) is 248 Å². The average molecular weight is 848 g/mol. The predicted molar refractivity (Wildman–Crippen MR) is 275 cm³/mol. The molecule has 5 heteroatoms. The molecule has 314 valence electrons. The lowest BCUT2D eigenvalue weighted by molar-refractivity contribution is 0.768. The van der Waals surface area contributed by atoms with Crippen molar-refractivity contribution < 1.29 is 0 Å². The molecule has 0 unspecified atom stereocenters. The fraction of sp³-hybridized carbons (Fsp3) is 0.0328. The van der Waals surface area contributed by atoms with Crippen molar-refractivity contribution in [2.24, 2.45) is 10.7 Å². The van der Waals surface area contributed by atoms with Crippen LogP contribution in [0.3, 0.4) is 0 Å². The topological polar surface area (TPSA) is 51.5 Å². The molecule has 0 bridgehead atoms. The predicted octanol–water partition coefficient (Wildman–Crippen LogP) is 14.6. The molecule has 11 aromatic rings. The molecular weight excluding hydrogens is 803 g/mol. The summed E-state index contributed by atoms with van der Waals surface area (Å²) in [7, 11) is 0. The van der Waals surface area contributed by atoms with Crippen molar-refractivity contribution in [3.05, 3.63) is 271 Å². The first-order valence-electron chi connectivity index (χ1n) is 22.5. The second kappa shape index (κ2) is 16.2. The van der Waals surface area contributed by atoms with Gasteiger partial charge in [-0.05, 0) is 136 Å². The Kier molecular flexibility index (Phi) is 9.53. The second-order valence-electron chi connectivity index (χ2n) is 16.9. The molecule has 0 atom stereocenters. The molecule has 0 saturated carbocycles. The minimum atomic E-state index is -0.541. The molecule has 2 heterocycles. The first-order chi connectivity index (χ1) is 32.7. The van der Waals surface area contributed by atoms with Gasteiger partial charge in [-0.15, -0.1) is 0 Å². The highest BCUT2D eigenvalue weighted by Crippen LogP contribution is 2.57. The summed E-state index contributed by atoms with van der Waals surface area (Å²) in [6.45, 7) is 0.558. The van der Waals surface area contributed by atoms with Gasteiger partial charge in [0.15, 0.2) is 0 Å². The van der Waals surface area contributed by atoms with E-state index in [2.05, 4.69) is 250 Å². The number of allylic oxidation sites excluding steroid dienone is 1. The molecule has 0 spiro atoms. The third kappa shape index (κ3) is 6.20. The maximum atomic E-state index is 5.58. The lowest BCUT2D eigenvalue weighted by atomic mass is 9.67. The molecule has 12 rings (SSSR count). The van der Waals surface area contributed by atoms with Crippen LogP contribution >= 0.6 is 0 Å². The highest BCUT2D eigenvalue weighted by molar-refractivity contribution is 6.22. The number of aromatic nitrogens is 2. The van der Waals surface area contributed by atoms with Crippen LogP contribution in [-0.2, 0) is 12.0 Å². The van der Waals surface area contributed by atoms with E-state index in [1.807, 2.05) is 0 Å². The second-order valence-corrected chi connectivity index (χ2v) is 16.9. The monoisotopic (exact) mass is 847 g/mol. The number of benzene rings is 9. The van der Waals surface area contributed by atoms with Crippen LogP contribution in [0.2, 0.25) is 0 Å². The van der Waals surface area contributed by atoms with Crippen LogP contribution in [0.1, 0.15) is 27.8 Å². The average Bonchev–Trinajstić information content (AvgIpc) is 4.06. The SMILES string of the molecule is N/C=C\C=NCc1ccc(N(c2ccc3c(c2)C(c2ccccc2)(c2ccccc2)c2ccccc2-3)c2ccc3c(c2)c2c4ccn(-c5ccccc5)c4ccc2n3-c2ccccc2)cc1. The number of aliphatic imine (C=N–C) groups is 1. The fourth-order valence-electron chi connectivity index (χ4n) is 10.6. The number of anilines is 3. The van der Waals surface area contributed by atoms with Crippen molar-refractivity contribution >= 4 is 56.0 Å². The van der Waals surface area contributed by atoms with Crippen molar-refractivity contribution in [2.45, 2.75) is 12.0 Å². The van der Waals surface area contributed by atoms with E-state index in [0.717, 1.165) is 39.5 Å². The van der Waals surface area contributed by atoms with Crippen molar-refractivity contribution in [1.82, 2.24) is 9.13 Å². The number of para-hydroxylation sites is 2. The Balaban J connectivity index is 1.11. The third-order valence-corrected chi connectivity index (χ3v) is 13.4. The minimum absolute atomic E-state index is 0.541. The first kappa shape index (κ1) is 39.0. The van der Waals surface area contributed by atoms with E-state index in [4.69, 9.17) is 5.73 Å². The molecule has 1 aliphatic carbocycles. The molecule has 0 fully saturated rings. The van der Waals surface area contributed by atoms with Crippen molar-refractivity contribution in [3.8, 4) is 22.5 Å². The van der Waals surface area contributed by atoms with Gasteiger partial charge in [0.25, 0.3) is 0 Å². The van der Waals surface area contributed by atoms with Crippen molar-refractivity contribution in [3.63, 3.8) is 0 Å². The van der Waals surface area contributed by atoms with Gasteiger partial charge in [0.05, 0.1) is 28.5 Å². The highest BCUT2D eigenvalue weighted by Gasteiger charge is 2.46. The third-order valence-electron chi connectivity index (χ3n) is 13.4. The summed E-state index contributed by atoms with van der Waals surface area (Å²) in [4.78, 5) is 7.01. The Morgan fingerprint density at radius 1 is 0.485 bits per heavy atom. The quantitative estimate of drug-likeness (QED) is 0.139. The van der Waals surface area contributed by atoms with Crippen LogP contribution in [0, 0.1) is 0 Å². The number of nitrogens with zero attached hydrogens (tertiary/aromatic N) is 4. The van der Waals surface area contributed by atoms with Gasteiger partial charge in [-0.25, -0.2) is 0 Å². The first-order valence-corrected chi connectivity index (χ1v) is 22.5. The summed E-state index contributed by atoms with van der Waals surface area (Å²) < 4.78 is 4.71. The van der Waals surface area contributed by atoms with E-state index in [9.17, 15) is 0 Å². The lowest BCUT2D eigenvalue weighted by Crippen LogP contribution is -2.28. The van der Waals surface area contributed by atoms with Crippen LogP contribution in [-0.4, -0.2) is 15.3 Å². The van der Waals surface area contributed by atoms with Crippen molar-refractivity contribution in [2.75, 3.05) is 4.90 Å². The molecule has 0 saturated heterocycles. The van der Waals surface area contributed by atoms with Gasteiger partial charge in [-0.1, -0.05) is 140 Å². The van der Waals surface area contributed by atoms with Crippen LogP contribution in [0.4, 0.5) is 17.1 Å². The van der Waals surface area contributed by atoms with Gasteiger partial charge in [0.1, 0.15) is 0 Å². The number of hydrogen-bond acceptors (Lipinski definition) is 3. The molecule has 5 nitrogen and oxygen atoms in total. The van der Waals surface area contributed by atoms with E-state index in [-0.39, 0.29) is 0 Å². The van der Waals surface area contributed by atoms with E-state index in [1.54, 1.807) is 12.3 Å². The molecule has 0 radical (unpaired) electrons. The van der Waals surface area contributed by atoms with Crippen LogP contribution in [0.25, 0.3) is 55.2 Å². The standard InChI is InChI=1S/C61H45N5/c62-37-15-38-63-42-43-26-28-48(29-27-43)65(50-30-32-52-51-24-13-14-25-55(51)61(56(52)41-50,44-16-5-1-6-17-44)45-18-7-2-8-19-45)49-31-33-58-54(40-49)60-53-36-39-64(46-20-9-3-10-21-46)57(53)34-35-59(60)66(58)47-22-11-4-12-23-47/h1-41H,42,62H2/b37-15-,63-38?. The molecule has 2 N–H and O–H groups in total. The zero-order valence-electron chi connectivity index (χ0n) is 36.2. The summed E-state index contributed by atoms with van der Waals surface area (Å²) in [6, 6.07) is 82.1. The fourth-order valence-corrected chi connectivity index (χ4v) is 10.6. The number of rotatable bonds is 10. The Bertz CT molecular complexity index is 3570. The summed E-state index contributed by atoms with van der Waals surface area (Å²) in [5.41, 5.74) is 22.6. The molecule has 1 aliphatic rings. The van der Waals surface area contributed by atoms with Gasteiger partial charge < -0.3 is 19.8 Å². The van der Waals surface area contributed by atoms with Gasteiger partial charge in [-0.2, -0.15) is 0 Å². The summed E-state index contributed by atoms with van der Waals surface area (Å²) in [5, 5.41) is 3.61. The zero-order chi connectivity index (χ0) is 44.0. The zero-order valence-corrected chi connectivity index (χ0v) is 36.2. The Morgan fingerprint density at radius 2 is 1.06 bits per heavy atom. The smallest absolute Gasteiger partial charge is 0.0714 e. The van der Waals surface area contributed by atoms with Gasteiger partial charge in [0.2, 0.25) is 0 Å². The van der Waals surface area contributed by atoms with E-state index in [1.165, 1.54) is 66.8 Å². The Labute approximate surface area is 384 Å². The number of hydrogen-bond donors (Lipinski definition) is 1. The maximum Gasteiger partial charge on any atom is 0.0714 e. The molecular formula is C61H45N5. The number of nitrogens with two attached hydrogens (primary N) is 1. The maximum absolute atomic E-state index is 5.58. The van der Waals surface area contributed by atoms with E-state index < -0.39 is 5.41 Å². The molecule has 2 aromatic heterocycles. The Morgan fingerprint density at radius 3 is 1.77 bits per heavy atom. The largest absolute Gasteiger partial charge is 0.405 e. The summed E-state index contributed by atoms with van der Waals surface area (Å²) in [6.07, 6.45) is 7.21. The molecule has 0 amide bonds. The molecule has 66 heavy (non-hydrogen) atoms. The normalized spacial score (nSPS) is 13.0. The van der Waals surface area contributed by atoms with Crippen molar-refractivity contribution in [1.29, 1.82) is 0 Å².